The predicted octanol–water partition coefficient (Wildman–Crippen LogP) is 2.36. The molecule has 1 saturated heterocycles. The molecule has 0 bridgehead atoms. The molecule has 0 aliphatic carbocycles. The number of hydrogen-bond donors (Lipinski definition) is 1. The van der Waals surface area contributed by atoms with Crippen LogP contribution >= 0.6 is 11.3 Å². The maximum absolute atomic E-state index is 12.5. The molecule has 2 amide bonds. The van der Waals surface area contributed by atoms with E-state index in [4.69, 9.17) is 9.47 Å². The number of hydrogen-bond acceptors (Lipinski definition) is 7. The SMILES string of the molecule is COC(=O)C1CCN(C(=O)Cc2csc(NC(=O)c3ccc(OC)cc3)n2)CC1. The van der Waals surface area contributed by atoms with Gasteiger partial charge in [-0.3, -0.25) is 19.7 Å². The molecule has 9 heteroatoms. The molecule has 1 N–H and O–H groups in total. The monoisotopic (exact) mass is 417 g/mol. The molecule has 0 atom stereocenters. The molecular formula is C20H23N3O5S. The number of likely N-dealkylation sites (tertiary alicyclic amines) is 1. The van der Waals surface area contributed by atoms with Crippen molar-refractivity contribution in [2.24, 2.45) is 5.92 Å². The Morgan fingerprint density at radius 1 is 1.17 bits per heavy atom. The van der Waals surface area contributed by atoms with Crippen molar-refractivity contribution in [3.8, 4) is 5.75 Å². The lowest BCUT2D eigenvalue weighted by Crippen LogP contribution is -2.41. The Morgan fingerprint density at radius 2 is 1.86 bits per heavy atom. The first-order valence-corrected chi connectivity index (χ1v) is 10.1. The van der Waals surface area contributed by atoms with E-state index >= 15 is 0 Å². The maximum Gasteiger partial charge on any atom is 0.308 e. The first-order valence-electron chi connectivity index (χ1n) is 9.25. The van der Waals surface area contributed by atoms with Gasteiger partial charge in [0.25, 0.3) is 5.91 Å². The van der Waals surface area contributed by atoms with E-state index in [1.54, 1.807) is 41.7 Å². The molecule has 1 aromatic carbocycles. The summed E-state index contributed by atoms with van der Waals surface area (Å²) in [6.07, 6.45) is 1.38. The van der Waals surface area contributed by atoms with E-state index in [1.807, 2.05) is 0 Å². The second-order valence-corrected chi connectivity index (χ2v) is 7.54. The van der Waals surface area contributed by atoms with Gasteiger partial charge in [0, 0.05) is 24.0 Å². The van der Waals surface area contributed by atoms with E-state index in [0.29, 0.717) is 48.1 Å². The molecule has 1 aromatic heterocycles. The van der Waals surface area contributed by atoms with Crippen LogP contribution in [-0.4, -0.2) is 55.0 Å². The summed E-state index contributed by atoms with van der Waals surface area (Å²) in [6.45, 7) is 1.06. The van der Waals surface area contributed by atoms with E-state index in [-0.39, 0.29) is 30.1 Å². The smallest absolute Gasteiger partial charge is 0.308 e. The van der Waals surface area contributed by atoms with E-state index < -0.39 is 0 Å². The zero-order valence-corrected chi connectivity index (χ0v) is 17.2. The number of carbonyl (C=O) groups is 3. The summed E-state index contributed by atoms with van der Waals surface area (Å²) in [6, 6.07) is 6.77. The van der Waals surface area contributed by atoms with Crippen molar-refractivity contribution in [2.75, 3.05) is 32.6 Å². The normalized spacial score (nSPS) is 14.3. The van der Waals surface area contributed by atoms with Gasteiger partial charge >= 0.3 is 5.97 Å². The van der Waals surface area contributed by atoms with Gasteiger partial charge in [-0.25, -0.2) is 4.98 Å². The lowest BCUT2D eigenvalue weighted by Gasteiger charge is -2.30. The van der Waals surface area contributed by atoms with Gasteiger partial charge in [0.1, 0.15) is 5.75 Å². The van der Waals surface area contributed by atoms with Crippen LogP contribution in [0.15, 0.2) is 29.6 Å². The van der Waals surface area contributed by atoms with Crippen molar-refractivity contribution in [2.45, 2.75) is 19.3 Å². The van der Waals surface area contributed by atoms with Crippen LogP contribution in [0.5, 0.6) is 5.75 Å². The molecule has 1 aliphatic rings. The van der Waals surface area contributed by atoms with Gasteiger partial charge in [-0.2, -0.15) is 0 Å². The highest BCUT2D eigenvalue weighted by Crippen LogP contribution is 2.21. The van der Waals surface area contributed by atoms with Gasteiger partial charge in [-0.15, -0.1) is 11.3 Å². The third-order valence-electron chi connectivity index (χ3n) is 4.84. The Bertz CT molecular complexity index is 872. The van der Waals surface area contributed by atoms with Crippen LogP contribution in [0.4, 0.5) is 5.13 Å². The molecule has 1 fully saturated rings. The number of esters is 1. The van der Waals surface area contributed by atoms with Gasteiger partial charge in [0.05, 0.1) is 32.3 Å². The number of nitrogens with one attached hydrogen (secondary N) is 1. The summed E-state index contributed by atoms with van der Waals surface area (Å²) in [5.41, 5.74) is 1.10. The fourth-order valence-electron chi connectivity index (χ4n) is 3.16. The number of rotatable bonds is 6. The Balaban J connectivity index is 1.51. The fraction of sp³-hybridized carbons (Fsp3) is 0.400. The van der Waals surface area contributed by atoms with Crippen LogP contribution in [0.3, 0.4) is 0 Å². The average Bonchev–Trinajstić information content (AvgIpc) is 3.19. The number of amides is 2. The second-order valence-electron chi connectivity index (χ2n) is 6.68. The Kier molecular flexibility index (Phi) is 6.82. The maximum atomic E-state index is 12.5. The van der Waals surface area contributed by atoms with Gasteiger partial charge in [0.15, 0.2) is 5.13 Å². The van der Waals surface area contributed by atoms with Crippen molar-refractivity contribution in [3.63, 3.8) is 0 Å². The van der Waals surface area contributed by atoms with Crippen molar-refractivity contribution in [1.82, 2.24) is 9.88 Å². The quantitative estimate of drug-likeness (QED) is 0.725. The van der Waals surface area contributed by atoms with Crippen molar-refractivity contribution in [3.05, 3.63) is 40.9 Å². The summed E-state index contributed by atoms with van der Waals surface area (Å²) in [5, 5.41) is 4.95. The zero-order valence-electron chi connectivity index (χ0n) is 16.3. The molecule has 8 nitrogen and oxygen atoms in total. The minimum atomic E-state index is -0.273. The summed E-state index contributed by atoms with van der Waals surface area (Å²) in [7, 11) is 2.95. The molecule has 1 aliphatic heterocycles. The average molecular weight is 417 g/mol. The third-order valence-corrected chi connectivity index (χ3v) is 5.65. The highest BCUT2D eigenvalue weighted by atomic mass is 32.1. The van der Waals surface area contributed by atoms with E-state index in [2.05, 4.69) is 10.3 Å². The third kappa shape index (κ3) is 5.32. The first kappa shape index (κ1) is 20.8. The largest absolute Gasteiger partial charge is 0.497 e. The minimum absolute atomic E-state index is 0.0355. The molecule has 29 heavy (non-hydrogen) atoms. The molecule has 2 aromatic rings. The number of methoxy groups -OCH3 is 2. The number of carbonyl (C=O) groups excluding carboxylic acids is 3. The molecule has 0 unspecified atom stereocenters. The molecule has 0 saturated carbocycles. The molecule has 0 spiro atoms. The number of piperidine rings is 1. The Hall–Kier alpha value is -2.94. The zero-order chi connectivity index (χ0) is 20.8. The van der Waals surface area contributed by atoms with Crippen molar-refractivity contribution < 1.29 is 23.9 Å². The predicted molar refractivity (Wildman–Crippen MR) is 108 cm³/mol. The topological polar surface area (TPSA) is 97.8 Å². The highest BCUT2D eigenvalue weighted by molar-refractivity contribution is 7.14. The number of ether oxygens (including phenoxy) is 2. The number of anilines is 1. The summed E-state index contributed by atoms with van der Waals surface area (Å²) in [5.74, 6) is 0.0144. The van der Waals surface area contributed by atoms with Crippen LogP contribution in [0.25, 0.3) is 0 Å². The van der Waals surface area contributed by atoms with Crippen LogP contribution in [0.2, 0.25) is 0 Å². The van der Waals surface area contributed by atoms with Crippen LogP contribution in [0, 0.1) is 5.92 Å². The fourth-order valence-corrected chi connectivity index (χ4v) is 3.86. The summed E-state index contributed by atoms with van der Waals surface area (Å²) < 4.78 is 9.85. The van der Waals surface area contributed by atoms with E-state index in [0.717, 1.165) is 0 Å². The van der Waals surface area contributed by atoms with Crippen molar-refractivity contribution >= 4 is 34.3 Å². The summed E-state index contributed by atoms with van der Waals surface area (Å²) >= 11 is 1.28. The van der Waals surface area contributed by atoms with E-state index in [1.165, 1.54) is 18.4 Å². The highest BCUT2D eigenvalue weighted by Gasteiger charge is 2.28. The van der Waals surface area contributed by atoms with Gasteiger partial charge in [0.2, 0.25) is 5.91 Å². The molecular weight excluding hydrogens is 394 g/mol. The van der Waals surface area contributed by atoms with Gasteiger partial charge in [-0.1, -0.05) is 0 Å². The minimum Gasteiger partial charge on any atom is -0.497 e. The number of aromatic nitrogens is 1. The molecule has 2 heterocycles. The number of thiazole rings is 1. The summed E-state index contributed by atoms with van der Waals surface area (Å²) in [4.78, 5) is 42.5. The van der Waals surface area contributed by atoms with Crippen LogP contribution < -0.4 is 10.1 Å². The molecule has 3 rings (SSSR count). The number of nitrogens with zero attached hydrogens (tertiary/aromatic N) is 2. The lowest BCUT2D eigenvalue weighted by atomic mass is 9.97. The van der Waals surface area contributed by atoms with Gasteiger partial charge < -0.3 is 14.4 Å². The first-order chi connectivity index (χ1) is 14.0. The second kappa shape index (κ2) is 9.51. The number of benzene rings is 1. The standard InChI is InChI=1S/C20H23N3O5S/c1-27-16-5-3-13(4-6-16)18(25)22-20-21-15(12-29-20)11-17(24)23-9-7-14(8-10-23)19(26)28-2/h3-6,12,14H,7-11H2,1-2H3,(H,21,22,25). The molecule has 0 radical (unpaired) electrons. The lowest BCUT2D eigenvalue weighted by molar-refractivity contribution is -0.148. The Labute approximate surface area is 172 Å². The Morgan fingerprint density at radius 3 is 2.48 bits per heavy atom. The van der Waals surface area contributed by atoms with E-state index in [9.17, 15) is 14.4 Å². The van der Waals surface area contributed by atoms with Crippen LogP contribution in [0.1, 0.15) is 28.9 Å². The van der Waals surface area contributed by atoms with Crippen LogP contribution in [-0.2, 0) is 20.7 Å². The van der Waals surface area contributed by atoms with Gasteiger partial charge in [-0.05, 0) is 37.1 Å². The molecule has 154 valence electrons. The van der Waals surface area contributed by atoms with Crippen molar-refractivity contribution in [1.29, 1.82) is 0 Å².